The molecule has 0 aliphatic carbocycles. The molecule has 17 heavy (non-hydrogen) atoms. The number of carbonyl (C=O) groups excluding carboxylic acids is 1. The van der Waals surface area contributed by atoms with E-state index >= 15 is 0 Å². The molecule has 0 saturated heterocycles. The van der Waals surface area contributed by atoms with E-state index in [-0.39, 0.29) is 12.0 Å². The zero-order chi connectivity index (χ0) is 12.8. The van der Waals surface area contributed by atoms with Gasteiger partial charge in [0.15, 0.2) is 0 Å². The number of rotatable bonds is 4. The summed E-state index contributed by atoms with van der Waals surface area (Å²) in [6.45, 7) is 0. The summed E-state index contributed by atoms with van der Waals surface area (Å²) < 4.78 is 0. The van der Waals surface area contributed by atoms with Gasteiger partial charge in [-0.1, -0.05) is 41.9 Å². The average Bonchev–Trinajstić information content (AvgIpc) is 2.35. The third-order valence-electron chi connectivity index (χ3n) is 2.12. The molecule has 0 fully saturated rings. The van der Waals surface area contributed by atoms with Crippen LogP contribution in [-0.4, -0.2) is 11.3 Å². The van der Waals surface area contributed by atoms with Gasteiger partial charge in [0.1, 0.15) is 5.38 Å². The maximum Gasteiger partial charge on any atom is 0.235 e. The smallest absolute Gasteiger partial charge is 0.235 e. The maximum absolute atomic E-state index is 10.8. The van der Waals surface area contributed by atoms with E-state index in [2.05, 4.69) is 0 Å². The summed E-state index contributed by atoms with van der Waals surface area (Å²) in [5, 5.41) is 8.35. The molecule has 0 aromatic heterocycles. The van der Waals surface area contributed by atoms with Crippen molar-refractivity contribution in [2.24, 2.45) is 5.73 Å². The highest BCUT2D eigenvalue weighted by Gasteiger charge is 2.16. The van der Waals surface area contributed by atoms with Gasteiger partial charge in [-0.05, 0) is 5.56 Å². The zero-order valence-electron chi connectivity index (χ0n) is 8.86. The molecule has 1 atom stereocenters. The van der Waals surface area contributed by atoms with E-state index in [4.69, 9.17) is 34.2 Å². The zero-order valence-corrected chi connectivity index (χ0v) is 10.4. The minimum Gasteiger partial charge on any atom is -0.368 e. The first kappa shape index (κ1) is 13.6. The van der Waals surface area contributed by atoms with Crippen LogP contribution in [0.4, 0.5) is 0 Å². The number of carbonyl (C=O) groups is 1. The van der Waals surface area contributed by atoms with Crippen LogP contribution in [0, 0.1) is 11.3 Å². The van der Waals surface area contributed by atoms with Crippen molar-refractivity contribution in [2.75, 3.05) is 0 Å². The Labute approximate surface area is 109 Å². The molecule has 0 aliphatic rings. The van der Waals surface area contributed by atoms with Crippen LogP contribution in [0.3, 0.4) is 0 Å². The fourth-order valence-electron chi connectivity index (χ4n) is 1.22. The van der Waals surface area contributed by atoms with E-state index in [1.165, 1.54) is 0 Å². The number of amides is 1. The lowest BCUT2D eigenvalue weighted by Crippen LogP contribution is -2.23. The summed E-state index contributed by atoms with van der Waals surface area (Å²) in [7, 11) is 0. The molecule has 1 unspecified atom stereocenters. The molecule has 0 aliphatic heterocycles. The quantitative estimate of drug-likeness (QED) is 0.674. The summed E-state index contributed by atoms with van der Waals surface area (Å²) in [4.78, 5) is 10.8. The van der Waals surface area contributed by atoms with Crippen LogP contribution in [0.5, 0.6) is 0 Å². The number of halogens is 2. The van der Waals surface area contributed by atoms with Crippen molar-refractivity contribution in [3.05, 3.63) is 41.5 Å². The third-order valence-corrected chi connectivity index (χ3v) is 2.93. The van der Waals surface area contributed by atoms with Gasteiger partial charge in [0, 0.05) is 6.42 Å². The normalized spacial score (nSPS) is 13.5. The van der Waals surface area contributed by atoms with Gasteiger partial charge in [-0.15, -0.1) is 11.6 Å². The topological polar surface area (TPSA) is 66.9 Å². The minimum absolute atomic E-state index is 0.0289. The molecule has 0 radical (unpaired) electrons. The van der Waals surface area contributed by atoms with Crippen molar-refractivity contribution in [1.29, 1.82) is 5.26 Å². The molecular weight excluding hydrogens is 259 g/mol. The van der Waals surface area contributed by atoms with Crippen LogP contribution in [0.25, 0.3) is 5.03 Å². The van der Waals surface area contributed by atoms with Gasteiger partial charge >= 0.3 is 0 Å². The maximum atomic E-state index is 10.8. The number of nitrogens with zero attached hydrogens (tertiary/aromatic N) is 1. The molecule has 0 saturated carbocycles. The van der Waals surface area contributed by atoms with Gasteiger partial charge in [-0.25, -0.2) is 0 Å². The van der Waals surface area contributed by atoms with Gasteiger partial charge in [-0.3, -0.25) is 4.79 Å². The van der Waals surface area contributed by atoms with Gasteiger partial charge < -0.3 is 5.73 Å². The van der Waals surface area contributed by atoms with E-state index in [1.54, 1.807) is 24.3 Å². The Morgan fingerprint density at radius 1 is 1.41 bits per heavy atom. The molecule has 0 spiro atoms. The lowest BCUT2D eigenvalue weighted by atomic mass is 10.1. The van der Waals surface area contributed by atoms with Crippen LogP contribution >= 0.6 is 23.2 Å². The highest BCUT2D eigenvalue weighted by Crippen LogP contribution is 2.26. The Morgan fingerprint density at radius 2 is 2.00 bits per heavy atom. The molecule has 1 aromatic carbocycles. The number of nitrogens with two attached hydrogens (primary N) is 1. The van der Waals surface area contributed by atoms with E-state index in [9.17, 15) is 4.79 Å². The van der Waals surface area contributed by atoms with Gasteiger partial charge in [0.05, 0.1) is 16.7 Å². The summed E-state index contributed by atoms with van der Waals surface area (Å²) >= 11 is 11.8. The number of hydrogen-bond donors (Lipinski definition) is 1. The molecule has 5 heteroatoms. The molecule has 0 bridgehead atoms. The SMILES string of the molecule is N#C/C(CC(Cl)C(N)=O)=C(\Cl)c1ccccc1. The lowest BCUT2D eigenvalue weighted by Gasteiger charge is -2.06. The molecule has 1 amide bonds. The predicted molar refractivity (Wildman–Crippen MR) is 68.3 cm³/mol. The van der Waals surface area contributed by atoms with E-state index in [1.807, 2.05) is 12.1 Å². The van der Waals surface area contributed by atoms with Gasteiger partial charge in [-0.2, -0.15) is 5.26 Å². The predicted octanol–water partition coefficient (Wildman–Crippen LogP) is 2.64. The summed E-state index contributed by atoms with van der Waals surface area (Å²) in [6.07, 6.45) is 0.0289. The number of alkyl halides is 1. The highest BCUT2D eigenvalue weighted by molar-refractivity contribution is 6.49. The Kier molecular flexibility index (Phi) is 5.02. The fraction of sp³-hybridized carbons (Fsp3) is 0.167. The minimum atomic E-state index is -0.929. The van der Waals surface area contributed by atoms with E-state index in [0.29, 0.717) is 10.6 Å². The number of primary amides is 1. The Bertz CT molecular complexity index is 477. The van der Waals surface area contributed by atoms with Crippen molar-refractivity contribution >= 4 is 34.1 Å². The first-order chi connectivity index (χ1) is 8.06. The Hall–Kier alpha value is -1.50. The third kappa shape index (κ3) is 3.77. The van der Waals surface area contributed by atoms with Crippen molar-refractivity contribution in [3.8, 4) is 6.07 Å². The number of allylic oxidation sites excluding steroid dienone is 1. The van der Waals surface area contributed by atoms with Gasteiger partial charge in [0.2, 0.25) is 5.91 Å². The fourth-order valence-corrected chi connectivity index (χ4v) is 1.62. The first-order valence-corrected chi connectivity index (χ1v) is 5.65. The molecule has 1 rings (SSSR count). The van der Waals surface area contributed by atoms with Crippen molar-refractivity contribution in [1.82, 2.24) is 0 Å². The van der Waals surface area contributed by atoms with E-state index < -0.39 is 11.3 Å². The second-order valence-electron chi connectivity index (χ2n) is 3.34. The second kappa shape index (κ2) is 6.29. The number of benzene rings is 1. The van der Waals surface area contributed by atoms with Gasteiger partial charge in [0.25, 0.3) is 0 Å². The van der Waals surface area contributed by atoms with Crippen LogP contribution in [0.2, 0.25) is 0 Å². The van der Waals surface area contributed by atoms with Crippen LogP contribution in [0.15, 0.2) is 35.9 Å². The summed E-state index contributed by atoms with van der Waals surface area (Å²) in [5.41, 5.74) is 5.99. The monoisotopic (exact) mass is 268 g/mol. The summed E-state index contributed by atoms with van der Waals surface area (Å²) in [6, 6.07) is 10.9. The van der Waals surface area contributed by atoms with Crippen molar-refractivity contribution in [3.63, 3.8) is 0 Å². The average molecular weight is 269 g/mol. The number of hydrogen-bond acceptors (Lipinski definition) is 2. The largest absolute Gasteiger partial charge is 0.368 e. The molecule has 88 valence electrons. The van der Waals surface area contributed by atoms with Crippen LogP contribution in [0.1, 0.15) is 12.0 Å². The Morgan fingerprint density at radius 3 is 2.47 bits per heavy atom. The molecular formula is C12H10Cl2N2O. The summed E-state index contributed by atoms with van der Waals surface area (Å²) in [5.74, 6) is -0.669. The standard InChI is InChI=1S/C12H10Cl2N2O/c13-10(12(16)17)6-9(7-15)11(14)8-4-2-1-3-5-8/h1-5,10H,6H2,(H2,16,17)/b11-9-. The van der Waals surface area contributed by atoms with E-state index in [0.717, 1.165) is 0 Å². The molecule has 3 nitrogen and oxygen atoms in total. The molecule has 1 aromatic rings. The lowest BCUT2D eigenvalue weighted by molar-refractivity contribution is -0.117. The first-order valence-electron chi connectivity index (χ1n) is 4.83. The molecule has 0 heterocycles. The van der Waals surface area contributed by atoms with Crippen LogP contribution < -0.4 is 5.73 Å². The molecule has 2 N–H and O–H groups in total. The number of nitriles is 1. The Balaban J connectivity index is 3.01. The van der Waals surface area contributed by atoms with Crippen molar-refractivity contribution in [2.45, 2.75) is 11.8 Å². The highest BCUT2D eigenvalue weighted by atomic mass is 35.5. The second-order valence-corrected chi connectivity index (χ2v) is 4.25. The van der Waals surface area contributed by atoms with Crippen molar-refractivity contribution < 1.29 is 4.79 Å². The van der Waals surface area contributed by atoms with Crippen LogP contribution in [-0.2, 0) is 4.79 Å².